The quantitative estimate of drug-likeness (QED) is 0.0587. The summed E-state index contributed by atoms with van der Waals surface area (Å²) < 4.78 is 52.6. The van der Waals surface area contributed by atoms with E-state index in [0.717, 1.165) is 59.2 Å². The van der Waals surface area contributed by atoms with Crippen molar-refractivity contribution in [3.05, 3.63) is 178 Å². The number of aliphatic hydroxyl groups is 6. The molecular formula is C90H107ClN12O25. The van der Waals surface area contributed by atoms with Gasteiger partial charge in [0.15, 0.2) is 30.2 Å². The van der Waals surface area contributed by atoms with E-state index in [2.05, 4.69) is 42.1 Å². The number of nitrogens with one attached hydrogen (secondary N) is 7. The number of halogens is 1. The van der Waals surface area contributed by atoms with Crippen LogP contribution in [0.4, 0.5) is 0 Å². The van der Waals surface area contributed by atoms with Crippen LogP contribution in [-0.2, 0) is 68.6 Å². The number of benzene rings is 7. The number of piperazine rings is 1. The third-order valence-electron chi connectivity index (χ3n) is 24.2. The largest absolute Gasteiger partial charge is 0.508 e. The lowest BCUT2D eigenvalue weighted by Crippen LogP contribution is -2.64. The molecule has 4 fully saturated rings. The summed E-state index contributed by atoms with van der Waals surface area (Å²) in [4.78, 5) is 128. The summed E-state index contributed by atoms with van der Waals surface area (Å²) in [5, 5.41) is 124. The van der Waals surface area contributed by atoms with Gasteiger partial charge in [-0.05, 0) is 146 Å². The van der Waals surface area contributed by atoms with Gasteiger partial charge in [0.05, 0.1) is 48.5 Å². The minimum absolute atomic E-state index is 0.0153. The van der Waals surface area contributed by atoms with E-state index in [1.807, 2.05) is 68.4 Å². The predicted octanol–water partition coefficient (Wildman–Crippen LogP) is 2.62. The van der Waals surface area contributed by atoms with Crippen LogP contribution >= 0.6 is 11.6 Å². The van der Waals surface area contributed by atoms with Gasteiger partial charge in [0.2, 0.25) is 59.3 Å². The molecule has 9 heterocycles. The number of aliphatic hydroxyl groups excluding tert-OH is 6. The zero-order valence-corrected chi connectivity index (χ0v) is 71.8. The number of likely N-dealkylation sites (N-methyl/N-ethyl adjacent to an activating group) is 1. The summed E-state index contributed by atoms with van der Waals surface area (Å²) in [6.45, 7) is 10.0. The van der Waals surface area contributed by atoms with E-state index in [9.17, 15) is 55.5 Å². The summed E-state index contributed by atoms with van der Waals surface area (Å²) in [6, 6.07) is 20.9. The van der Waals surface area contributed by atoms with Crippen molar-refractivity contribution in [3.63, 3.8) is 0 Å². The molecule has 8 amide bonds. The van der Waals surface area contributed by atoms with Crippen LogP contribution < -0.4 is 68.6 Å². The molecule has 0 unspecified atom stereocenters. The van der Waals surface area contributed by atoms with Crippen molar-refractivity contribution >= 4 is 58.9 Å². The maximum atomic E-state index is 16.7. The van der Waals surface area contributed by atoms with Gasteiger partial charge in [0, 0.05) is 73.8 Å². The standard InChI is InChI=1S/C90H107ClN12O25/c1-41(2)29-56(95-7)81(114)100-71-73(109)49-20-24-60(55(91)31-49)124-62-33-50-32-61(77(62)128-88-78(75(111)74(110)63(40-104)125-88)127-66-38-90(6,94)80(113)43(4)122-66)123-52-21-17-47(18-22-52)76(126-65-37-89(5,93)79(112)42(3)121-65)72-86(119)99-70(87(120)103-27-25-102(26-28-103)39-44-13-15-46(16-14-44)45-11-9-8-10-12-45)54-34-51(105)35-59(107)67(54)53-30-48(19-23-58(53)106)68(83(116)101-72)98-84(117)69(50)97-82(115)57(36-64(92)108)96-85(71)118/h8-24,30-35,41-43,56-57,63,65-66,68-76,78-80,88,95,104-107,109-113H,25-29,36-40,93-94H2,1-7H3,(H2,92,108)(H,96,118)(H,97,115)(H,98,117)(H,99,119)(H,100,114)(H,101,116)/t42-,43-,56+,57-,63+,65-,66-,68+,69+,70-,71+,72-,73+,74+,75-,76+,78+,79-,80-,88-,89-,90-/m0/s1. The lowest BCUT2D eigenvalue weighted by atomic mass is 9.86. The van der Waals surface area contributed by atoms with E-state index < -0.39 is 234 Å². The lowest BCUT2D eigenvalue weighted by Gasteiger charge is -2.47. The van der Waals surface area contributed by atoms with Crippen LogP contribution in [0, 0.1) is 5.92 Å². The second kappa shape index (κ2) is 38.6. The SMILES string of the molecule is CN[C@H](CC(C)C)C(=O)N[C@H]1C(=O)N[C@@H](CC(N)=O)C(=O)N[C@H]2C(=O)N[C@H]3C(=O)N[C@H](C(=O)N[C@H](C(=O)N4CCN(Cc5ccc(-c6ccccc6)cc5)CC4)c4cc(O)cc(O)c4-c4cc3ccc4O)[C@H](O[C@H]3C[C@](C)(N)[C@@H](O)[C@H](C)O3)c3ccc(cc3)Oc3cc2cc(c3O[C@@H]2O[C@H](CO)[C@@H](O)[C@H](O)[C@H]2O[C@H]2C[C@](C)(N)[C@@H](O)[C@H](C)O2)Oc2ccc(cc2Cl)[C@H]1O. The van der Waals surface area contributed by atoms with Crippen LogP contribution in [0.5, 0.6) is 46.0 Å². The molecule has 11 bridgehead atoms. The second-order valence-electron chi connectivity index (χ2n) is 34.5. The maximum absolute atomic E-state index is 16.7. The third kappa shape index (κ3) is 20.3. The van der Waals surface area contributed by atoms with Gasteiger partial charge in [-0.25, -0.2) is 0 Å². The summed E-state index contributed by atoms with van der Waals surface area (Å²) in [7, 11) is 1.49. The minimum Gasteiger partial charge on any atom is -0.508 e. The number of aromatic hydroxyl groups is 3. The molecule has 22 N–H and O–H groups in total. The Morgan fingerprint density at radius 3 is 1.87 bits per heavy atom. The Morgan fingerprint density at radius 2 is 1.24 bits per heavy atom. The number of hydrogen-bond donors (Lipinski definition) is 19. The molecule has 37 nitrogen and oxygen atoms in total. The van der Waals surface area contributed by atoms with E-state index in [-0.39, 0.29) is 88.2 Å². The van der Waals surface area contributed by atoms with E-state index >= 15 is 28.8 Å². The molecule has 684 valence electrons. The van der Waals surface area contributed by atoms with Crippen LogP contribution in [0.2, 0.25) is 5.02 Å². The highest BCUT2D eigenvalue weighted by Gasteiger charge is 2.53. The number of phenols is 3. The second-order valence-corrected chi connectivity index (χ2v) is 34.9. The predicted molar refractivity (Wildman–Crippen MR) is 457 cm³/mol. The molecule has 0 saturated carbocycles. The molecule has 0 aromatic heterocycles. The van der Waals surface area contributed by atoms with Crippen LogP contribution in [0.15, 0.2) is 140 Å². The Balaban J connectivity index is 0.957. The smallest absolute Gasteiger partial charge is 0.249 e. The van der Waals surface area contributed by atoms with Gasteiger partial charge in [-0.2, -0.15) is 0 Å². The van der Waals surface area contributed by atoms with E-state index in [1.165, 1.54) is 82.1 Å². The van der Waals surface area contributed by atoms with Crippen molar-refractivity contribution in [2.75, 3.05) is 39.8 Å². The lowest BCUT2D eigenvalue weighted by molar-refractivity contribution is -0.333. The molecule has 7 aromatic rings. The van der Waals surface area contributed by atoms with E-state index in [4.69, 9.17) is 66.7 Å². The fourth-order valence-electron chi connectivity index (χ4n) is 17.2. The number of nitrogens with two attached hydrogens (primary N) is 3. The molecule has 7 aromatic carbocycles. The van der Waals surface area contributed by atoms with Gasteiger partial charge < -0.3 is 143 Å². The molecule has 0 aliphatic carbocycles. The first-order chi connectivity index (χ1) is 60.8. The van der Waals surface area contributed by atoms with Crippen LogP contribution in [0.25, 0.3) is 22.3 Å². The molecule has 9 aliphatic heterocycles. The van der Waals surface area contributed by atoms with Crippen molar-refractivity contribution in [2.45, 2.75) is 207 Å². The Morgan fingerprint density at radius 1 is 0.633 bits per heavy atom. The van der Waals surface area contributed by atoms with Gasteiger partial charge in [0.25, 0.3) is 0 Å². The van der Waals surface area contributed by atoms with E-state index in [1.54, 1.807) is 0 Å². The maximum Gasteiger partial charge on any atom is 0.249 e. The van der Waals surface area contributed by atoms with Crippen LogP contribution in [-0.4, -0.2) is 246 Å². The molecule has 0 spiro atoms. The van der Waals surface area contributed by atoms with Gasteiger partial charge in [0.1, 0.15) is 95.5 Å². The molecule has 9 aliphatic rings. The number of nitrogens with zero attached hydrogens (tertiary/aromatic N) is 2. The number of carbonyl (C=O) groups excluding carboxylic acids is 8. The number of ether oxygens (including phenoxy) is 8. The molecule has 128 heavy (non-hydrogen) atoms. The zero-order chi connectivity index (χ0) is 91.8. The van der Waals surface area contributed by atoms with Crippen molar-refractivity contribution in [3.8, 4) is 68.2 Å². The van der Waals surface area contributed by atoms with Crippen molar-refractivity contribution in [1.29, 1.82) is 0 Å². The number of hydrogen-bond acceptors (Lipinski definition) is 29. The molecular weight excluding hydrogens is 1680 g/mol. The average molecular weight is 1790 g/mol. The third-order valence-corrected chi connectivity index (χ3v) is 24.5. The topological polar surface area (TPSA) is 561 Å². The Bertz CT molecular complexity index is 5280. The normalized spacial score (nSPS) is 30.2. The molecule has 4 saturated heterocycles. The number of fused-ring (bicyclic) bond motifs is 15. The fourth-order valence-corrected chi connectivity index (χ4v) is 17.4. The zero-order valence-electron chi connectivity index (χ0n) is 71.0. The first-order valence-corrected chi connectivity index (χ1v) is 42.5. The summed E-state index contributed by atoms with van der Waals surface area (Å²) in [6.07, 6.45) is -22.3. The van der Waals surface area contributed by atoms with Gasteiger partial charge in [-0.15, -0.1) is 0 Å². The highest BCUT2D eigenvalue weighted by atomic mass is 35.5. The summed E-state index contributed by atoms with van der Waals surface area (Å²) in [5.41, 5.74) is 17.6. The highest BCUT2D eigenvalue weighted by Crippen LogP contribution is 2.50. The molecule has 0 radical (unpaired) electrons. The highest BCUT2D eigenvalue weighted by molar-refractivity contribution is 6.32. The van der Waals surface area contributed by atoms with Crippen LogP contribution in [0.1, 0.15) is 131 Å². The number of phenolic OH excluding ortho intramolecular Hbond substituents is 3. The van der Waals surface area contributed by atoms with E-state index in [0.29, 0.717) is 19.6 Å². The minimum atomic E-state index is -2.34. The van der Waals surface area contributed by atoms with Crippen molar-refractivity contribution < 1.29 is 122 Å². The molecule has 22 atom stereocenters. The first kappa shape index (κ1) is 93.0. The summed E-state index contributed by atoms with van der Waals surface area (Å²) in [5.74, 6) is -13.8. The van der Waals surface area contributed by atoms with Crippen molar-refractivity contribution in [2.24, 2.45) is 23.1 Å². The fraction of sp³-hybridized carbons (Fsp3) is 0.444. The number of primary amides is 1. The number of carbonyl (C=O) groups is 8. The Labute approximate surface area is 740 Å². The van der Waals surface area contributed by atoms with Crippen molar-refractivity contribution in [1.82, 2.24) is 47.0 Å². The van der Waals surface area contributed by atoms with Gasteiger partial charge in [-0.1, -0.05) is 104 Å². The van der Waals surface area contributed by atoms with Crippen LogP contribution in [0.3, 0.4) is 0 Å². The van der Waals surface area contributed by atoms with Gasteiger partial charge in [-0.3, -0.25) is 43.3 Å². The average Bonchev–Trinajstić information content (AvgIpc) is 0.754. The first-order valence-electron chi connectivity index (χ1n) is 42.1. The monoisotopic (exact) mass is 1790 g/mol. The Hall–Kier alpha value is -11.2. The van der Waals surface area contributed by atoms with Gasteiger partial charge >= 0.3 is 0 Å². The number of rotatable bonds is 18. The summed E-state index contributed by atoms with van der Waals surface area (Å²) >= 11 is 7.21. The Kier molecular flexibility index (Phi) is 28.0. The number of amides is 8. The molecule has 38 heteroatoms. The molecule has 16 rings (SSSR count).